The Morgan fingerprint density at radius 1 is 1.00 bits per heavy atom. The fraction of sp³-hybridized carbons (Fsp3) is 0.0625. The minimum absolute atomic E-state index is 0.271. The van der Waals surface area contributed by atoms with E-state index >= 15 is 0 Å². The number of nitrogens with one attached hydrogen (secondary N) is 1. The smallest absolute Gasteiger partial charge is 0.256 e. The molecule has 3 rings (SSSR count). The molecule has 1 aromatic heterocycles. The molecule has 0 bridgehead atoms. The highest BCUT2D eigenvalue weighted by atomic mass is 19.1. The maximum absolute atomic E-state index is 13.8. The second-order valence-electron chi connectivity index (χ2n) is 4.58. The topological polar surface area (TPSA) is 32.9 Å². The highest BCUT2D eigenvalue weighted by molar-refractivity contribution is 5.85. The fourth-order valence-electron chi connectivity index (χ4n) is 2.14. The molecule has 3 aromatic rings. The van der Waals surface area contributed by atoms with Crippen LogP contribution < -0.4 is 5.56 Å². The third-order valence-corrected chi connectivity index (χ3v) is 3.20. The summed E-state index contributed by atoms with van der Waals surface area (Å²) in [6.07, 6.45) is 0. The van der Waals surface area contributed by atoms with Gasteiger partial charge in [-0.1, -0.05) is 35.9 Å². The Labute approximate surface area is 109 Å². The lowest BCUT2D eigenvalue weighted by Crippen LogP contribution is -2.07. The lowest BCUT2D eigenvalue weighted by atomic mass is 10.1. The lowest BCUT2D eigenvalue weighted by Gasteiger charge is -2.05. The number of rotatable bonds is 1. The highest BCUT2D eigenvalue weighted by Crippen LogP contribution is 2.21. The monoisotopic (exact) mass is 253 g/mol. The Morgan fingerprint density at radius 3 is 2.47 bits per heavy atom. The zero-order chi connectivity index (χ0) is 13.4. The summed E-state index contributed by atoms with van der Waals surface area (Å²) < 4.78 is 13.8. The van der Waals surface area contributed by atoms with Crippen molar-refractivity contribution in [3.8, 4) is 11.3 Å². The van der Waals surface area contributed by atoms with Crippen LogP contribution in [0.5, 0.6) is 0 Å². The number of hydrogen-bond acceptors (Lipinski definition) is 1. The molecule has 2 aromatic carbocycles. The molecule has 1 heterocycles. The summed E-state index contributed by atoms with van der Waals surface area (Å²) in [7, 11) is 0. The Kier molecular flexibility index (Phi) is 2.67. The zero-order valence-electron chi connectivity index (χ0n) is 10.4. The summed E-state index contributed by atoms with van der Waals surface area (Å²) >= 11 is 0. The maximum atomic E-state index is 13.8. The molecular weight excluding hydrogens is 241 g/mol. The molecular formula is C16H12FNO. The SMILES string of the molecule is Cc1ccc(-c2cc3c(F)cccc3c(=O)[nH]2)cc1. The first-order chi connectivity index (χ1) is 9.15. The zero-order valence-corrected chi connectivity index (χ0v) is 10.4. The molecule has 0 aliphatic rings. The maximum Gasteiger partial charge on any atom is 0.256 e. The minimum Gasteiger partial charge on any atom is -0.321 e. The van der Waals surface area contributed by atoms with Gasteiger partial charge in [0.2, 0.25) is 0 Å². The van der Waals surface area contributed by atoms with Crippen LogP contribution in [0.3, 0.4) is 0 Å². The molecule has 19 heavy (non-hydrogen) atoms. The third-order valence-electron chi connectivity index (χ3n) is 3.20. The Bertz CT molecular complexity index is 803. The number of aromatic amines is 1. The molecule has 1 N–H and O–H groups in total. The van der Waals surface area contributed by atoms with Crippen molar-refractivity contribution in [3.05, 3.63) is 70.3 Å². The Hall–Kier alpha value is -2.42. The van der Waals surface area contributed by atoms with Crippen LogP contribution in [0.25, 0.3) is 22.0 Å². The van der Waals surface area contributed by atoms with Gasteiger partial charge >= 0.3 is 0 Å². The predicted molar refractivity (Wildman–Crippen MR) is 74.7 cm³/mol. The van der Waals surface area contributed by atoms with E-state index in [1.807, 2.05) is 31.2 Å². The van der Waals surface area contributed by atoms with Crippen LogP contribution in [0.15, 0.2) is 53.3 Å². The van der Waals surface area contributed by atoms with Gasteiger partial charge in [-0.15, -0.1) is 0 Å². The van der Waals surface area contributed by atoms with E-state index in [-0.39, 0.29) is 11.4 Å². The molecule has 0 spiro atoms. The minimum atomic E-state index is -0.378. The number of hydrogen-bond donors (Lipinski definition) is 1. The van der Waals surface area contributed by atoms with Crippen molar-refractivity contribution in [3.63, 3.8) is 0 Å². The molecule has 2 nitrogen and oxygen atoms in total. The average molecular weight is 253 g/mol. The van der Waals surface area contributed by atoms with Crippen LogP contribution in [-0.2, 0) is 0 Å². The van der Waals surface area contributed by atoms with Crippen molar-refractivity contribution >= 4 is 10.8 Å². The van der Waals surface area contributed by atoms with Crippen molar-refractivity contribution in [2.75, 3.05) is 0 Å². The van der Waals surface area contributed by atoms with Crippen LogP contribution in [0, 0.1) is 12.7 Å². The van der Waals surface area contributed by atoms with Crippen molar-refractivity contribution < 1.29 is 4.39 Å². The number of aromatic nitrogens is 1. The summed E-state index contributed by atoms with van der Waals surface area (Å²) in [4.78, 5) is 14.8. The predicted octanol–water partition coefficient (Wildman–Crippen LogP) is 3.64. The van der Waals surface area contributed by atoms with Crippen LogP contribution in [0.1, 0.15) is 5.56 Å². The second kappa shape index (κ2) is 4.35. The summed E-state index contributed by atoms with van der Waals surface area (Å²) in [5.41, 5.74) is 2.36. The molecule has 0 saturated carbocycles. The van der Waals surface area contributed by atoms with Gasteiger partial charge in [0, 0.05) is 16.5 Å². The van der Waals surface area contributed by atoms with Gasteiger partial charge in [-0.3, -0.25) is 4.79 Å². The summed E-state index contributed by atoms with van der Waals surface area (Å²) in [5.74, 6) is -0.378. The molecule has 0 fully saturated rings. The number of benzene rings is 2. The molecule has 0 amide bonds. The molecule has 0 aliphatic heterocycles. The molecule has 0 radical (unpaired) electrons. The molecule has 0 unspecified atom stereocenters. The van der Waals surface area contributed by atoms with Gasteiger partial charge in [0.1, 0.15) is 5.82 Å². The molecule has 0 atom stereocenters. The number of H-pyrrole nitrogens is 1. The van der Waals surface area contributed by atoms with Crippen molar-refractivity contribution in [1.29, 1.82) is 0 Å². The van der Waals surface area contributed by atoms with Crippen molar-refractivity contribution in [2.45, 2.75) is 6.92 Å². The number of aryl methyl sites for hydroxylation is 1. The number of fused-ring (bicyclic) bond motifs is 1. The van der Waals surface area contributed by atoms with Gasteiger partial charge in [0.25, 0.3) is 5.56 Å². The lowest BCUT2D eigenvalue weighted by molar-refractivity contribution is 0.639. The average Bonchev–Trinajstić information content (AvgIpc) is 2.41. The van der Waals surface area contributed by atoms with Gasteiger partial charge in [0.05, 0.1) is 0 Å². The number of pyridine rings is 1. The van der Waals surface area contributed by atoms with Crippen molar-refractivity contribution in [2.24, 2.45) is 0 Å². The van der Waals surface area contributed by atoms with E-state index in [2.05, 4.69) is 4.98 Å². The van der Waals surface area contributed by atoms with E-state index in [1.54, 1.807) is 18.2 Å². The van der Waals surface area contributed by atoms with E-state index in [0.29, 0.717) is 16.5 Å². The Morgan fingerprint density at radius 2 is 1.74 bits per heavy atom. The Balaban J connectivity index is 2.29. The third kappa shape index (κ3) is 2.03. The van der Waals surface area contributed by atoms with Crippen molar-refractivity contribution in [1.82, 2.24) is 4.98 Å². The molecule has 94 valence electrons. The first kappa shape index (κ1) is 11.7. The second-order valence-corrected chi connectivity index (χ2v) is 4.58. The summed E-state index contributed by atoms with van der Waals surface area (Å²) in [5, 5.41) is 0.720. The normalized spacial score (nSPS) is 10.8. The van der Waals surface area contributed by atoms with Gasteiger partial charge in [-0.25, -0.2) is 4.39 Å². The van der Waals surface area contributed by atoms with E-state index < -0.39 is 0 Å². The largest absolute Gasteiger partial charge is 0.321 e. The van der Waals surface area contributed by atoms with Crippen LogP contribution in [0.4, 0.5) is 4.39 Å². The van der Waals surface area contributed by atoms with E-state index in [0.717, 1.165) is 11.1 Å². The van der Waals surface area contributed by atoms with Gasteiger partial charge < -0.3 is 4.98 Å². The fourth-order valence-corrected chi connectivity index (χ4v) is 2.14. The van der Waals surface area contributed by atoms with E-state index in [9.17, 15) is 9.18 Å². The van der Waals surface area contributed by atoms with Crippen LogP contribution in [0.2, 0.25) is 0 Å². The van der Waals surface area contributed by atoms with Gasteiger partial charge in [-0.05, 0) is 30.7 Å². The van der Waals surface area contributed by atoms with Gasteiger partial charge in [-0.2, -0.15) is 0 Å². The van der Waals surface area contributed by atoms with Gasteiger partial charge in [0.15, 0.2) is 0 Å². The molecule has 0 aliphatic carbocycles. The first-order valence-electron chi connectivity index (χ1n) is 6.04. The van der Waals surface area contributed by atoms with E-state index in [4.69, 9.17) is 0 Å². The van der Waals surface area contributed by atoms with E-state index in [1.165, 1.54) is 6.07 Å². The molecule has 3 heteroatoms. The summed E-state index contributed by atoms with van der Waals surface area (Å²) in [6, 6.07) is 13.9. The van der Waals surface area contributed by atoms with Crippen LogP contribution in [-0.4, -0.2) is 4.98 Å². The quantitative estimate of drug-likeness (QED) is 0.705. The first-order valence-corrected chi connectivity index (χ1v) is 6.04. The number of halogens is 1. The standard InChI is InChI=1S/C16H12FNO/c1-10-5-7-11(8-6-10)15-9-13-12(16(19)18-15)3-2-4-14(13)17/h2-9H,1H3,(H,18,19). The molecule has 0 saturated heterocycles. The van der Waals surface area contributed by atoms with Crippen LogP contribution >= 0.6 is 0 Å². The highest BCUT2D eigenvalue weighted by Gasteiger charge is 2.07. The summed E-state index contributed by atoms with van der Waals surface area (Å²) in [6.45, 7) is 1.99.